The SMILES string of the molecule is Cc1ccccc1N.O=S(=O)(O)O. The first-order valence-electron chi connectivity index (χ1n) is 3.31. The molecule has 0 aliphatic rings. The summed E-state index contributed by atoms with van der Waals surface area (Å²) in [5, 5.41) is 0. The van der Waals surface area contributed by atoms with E-state index >= 15 is 0 Å². The van der Waals surface area contributed by atoms with Crippen molar-refractivity contribution in [2.24, 2.45) is 0 Å². The summed E-state index contributed by atoms with van der Waals surface area (Å²) in [6, 6.07) is 7.80. The molecule has 0 bridgehead atoms. The Morgan fingerprint density at radius 1 is 1.23 bits per heavy atom. The van der Waals surface area contributed by atoms with E-state index in [2.05, 4.69) is 0 Å². The number of rotatable bonds is 0. The number of anilines is 1. The fourth-order valence-corrected chi connectivity index (χ4v) is 0.587. The Hall–Kier alpha value is -1.11. The predicted molar refractivity (Wildman–Crippen MR) is 49.8 cm³/mol. The Morgan fingerprint density at radius 3 is 1.85 bits per heavy atom. The number of nitrogens with two attached hydrogens (primary N) is 1. The molecule has 1 aromatic rings. The minimum atomic E-state index is -4.67. The number of benzene rings is 1. The fourth-order valence-electron chi connectivity index (χ4n) is 0.587. The third-order valence-electron chi connectivity index (χ3n) is 1.19. The highest BCUT2D eigenvalue weighted by Gasteiger charge is 1.85. The van der Waals surface area contributed by atoms with Gasteiger partial charge in [0.05, 0.1) is 0 Å². The lowest BCUT2D eigenvalue weighted by molar-refractivity contribution is 0.381. The molecule has 5 nitrogen and oxygen atoms in total. The van der Waals surface area contributed by atoms with Crippen molar-refractivity contribution >= 4 is 16.1 Å². The van der Waals surface area contributed by atoms with Gasteiger partial charge in [0.2, 0.25) is 0 Å². The smallest absolute Gasteiger partial charge is 0.394 e. The quantitative estimate of drug-likeness (QED) is 0.432. The van der Waals surface area contributed by atoms with E-state index in [0.29, 0.717) is 0 Å². The molecule has 0 radical (unpaired) electrons. The van der Waals surface area contributed by atoms with E-state index in [0.717, 1.165) is 11.3 Å². The summed E-state index contributed by atoms with van der Waals surface area (Å²) in [6.45, 7) is 2.00. The van der Waals surface area contributed by atoms with Gasteiger partial charge in [0.15, 0.2) is 0 Å². The largest absolute Gasteiger partial charge is 0.399 e. The summed E-state index contributed by atoms with van der Waals surface area (Å²) in [6.07, 6.45) is 0. The van der Waals surface area contributed by atoms with Gasteiger partial charge >= 0.3 is 10.4 Å². The van der Waals surface area contributed by atoms with E-state index in [1.807, 2.05) is 31.2 Å². The van der Waals surface area contributed by atoms with Crippen LogP contribution >= 0.6 is 0 Å². The summed E-state index contributed by atoms with van der Waals surface area (Å²) in [7, 11) is -4.67. The van der Waals surface area contributed by atoms with Crippen molar-refractivity contribution < 1.29 is 17.5 Å². The number of para-hydroxylation sites is 1. The van der Waals surface area contributed by atoms with Crippen molar-refractivity contribution in [3.63, 3.8) is 0 Å². The molecule has 0 saturated heterocycles. The van der Waals surface area contributed by atoms with Crippen molar-refractivity contribution in [2.45, 2.75) is 6.92 Å². The van der Waals surface area contributed by atoms with Crippen molar-refractivity contribution in [3.8, 4) is 0 Å². The second-order valence-corrected chi connectivity index (χ2v) is 3.20. The second kappa shape index (κ2) is 4.80. The highest BCUT2D eigenvalue weighted by molar-refractivity contribution is 7.79. The fraction of sp³-hybridized carbons (Fsp3) is 0.143. The number of hydrogen-bond acceptors (Lipinski definition) is 3. The molecule has 13 heavy (non-hydrogen) atoms. The zero-order chi connectivity index (χ0) is 10.5. The second-order valence-electron chi connectivity index (χ2n) is 2.30. The first-order valence-corrected chi connectivity index (χ1v) is 4.71. The minimum absolute atomic E-state index is 0.868. The monoisotopic (exact) mass is 205 g/mol. The molecule has 0 aliphatic carbocycles. The molecule has 1 rings (SSSR count). The number of aryl methyl sites for hydroxylation is 1. The third kappa shape index (κ3) is 8.80. The molecular weight excluding hydrogens is 194 g/mol. The van der Waals surface area contributed by atoms with E-state index in [1.54, 1.807) is 0 Å². The molecule has 0 saturated carbocycles. The van der Waals surface area contributed by atoms with Crippen LogP contribution in [0.1, 0.15) is 5.56 Å². The molecule has 0 heterocycles. The van der Waals surface area contributed by atoms with E-state index in [-0.39, 0.29) is 0 Å². The molecule has 1 aromatic carbocycles. The standard InChI is InChI=1S/C7H9N.H2O4S/c1-6-4-2-3-5-7(6)8;1-5(2,3)4/h2-5H,8H2,1H3;(H2,1,2,3,4). The van der Waals surface area contributed by atoms with Crippen LogP contribution in [-0.2, 0) is 10.4 Å². The van der Waals surface area contributed by atoms with Crippen molar-refractivity contribution in [2.75, 3.05) is 5.73 Å². The zero-order valence-corrected chi connectivity index (χ0v) is 7.82. The summed E-state index contributed by atoms with van der Waals surface area (Å²) in [5.74, 6) is 0. The van der Waals surface area contributed by atoms with Gasteiger partial charge in [-0.25, -0.2) is 0 Å². The maximum Gasteiger partial charge on any atom is 0.394 e. The maximum atomic E-state index is 8.74. The Labute approximate surface area is 76.8 Å². The lowest BCUT2D eigenvalue weighted by Gasteiger charge is -1.93. The van der Waals surface area contributed by atoms with Gasteiger partial charge in [0.1, 0.15) is 0 Å². The summed E-state index contributed by atoms with van der Waals surface area (Å²) < 4.78 is 31.6. The Bertz CT molecular complexity index is 332. The van der Waals surface area contributed by atoms with Gasteiger partial charge in [-0.05, 0) is 18.6 Å². The molecule has 0 fully saturated rings. The Kier molecular flexibility index (Phi) is 4.39. The number of nitrogen functional groups attached to an aromatic ring is 1. The summed E-state index contributed by atoms with van der Waals surface area (Å²) in [4.78, 5) is 0. The van der Waals surface area contributed by atoms with Crippen LogP contribution in [0, 0.1) is 6.92 Å². The molecular formula is C7H11NO4S. The van der Waals surface area contributed by atoms with Crippen molar-refractivity contribution in [1.29, 1.82) is 0 Å². The van der Waals surface area contributed by atoms with E-state index in [1.165, 1.54) is 0 Å². The molecule has 6 heteroatoms. The third-order valence-corrected chi connectivity index (χ3v) is 1.19. The van der Waals surface area contributed by atoms with Crippen LogP contribution in [0.3, 0.4) is 0 Å². The van der Waals surface area contributed by atoms with E-state index in [4.69, 9.17) is 23.3 Å². The summed E-state index contributed by atoms with van der Waals surface area (Å²) >= 11 is 0. The highest BCUT2D eigenvalue weighted by Crippen LogP contribution is 2.06. The van der Waals surface area contributed by atoms with Crippen LogP contribution in [-0.4, -0.2) is 17.5 Å². The van der Waals surface area contributed by atoms with Gasteiger partial charge in [-0.15, -0.1) is 0 Å². The zero-order valence-electron chi connectivity index (χ0n) is 7.01. The van der Waals surface area contributed by atoms with Gasteiger partial charge in [0.25, 0.3) is 0 Å². The lowest BCUT2D eigenvalue weighted by atomic mass is 10.2. The Balaban J connectivity index is 0.000000252. The molecule has 0 aromatic heterocycles. The molecule has 74 valence electrons. The van der Waals surface area contributed by atoms with Crippen LogP contribution in [0.15, 0.2) is 24.3 Å². The first kappa shape index (κ1) is 11.9. The van der Waals surface area contributed by atoms with Crippen LogP contribution in [0.4, 0.5) is 5.69 Å². The molecule has 4 N–H and O–H groups in total. The van der Waals surface area contributed by atoms with Gasteiger partial charge in [-0.3, -0.25) is 9.11 Å². The van der Waals surface area contributed by atoms with E-state index in [9.17, 15) is 0 Å². The van der Waals surface area contributed by atoms with Gasteiger partial charge in [-0.1, -0.05) is 18.2 Å². The molecule has 0 aliphatic heterocycles. The molecule has 0 spiro atoms. The predicted octanol–water partition coefficient (Wildman–Crippen LogP) is 0.924. The van der Waals surface area contributed by atoms with Crippen LogP contribution in [0.25, 0.3) is 0 Å². The Morgan fingerprint density at radius 2 is 1.62 bits per heavy atom. The van der Waals surface area contributed by atoms with Crippen molar-refractivity contribution in [3.05, 3.63) is 29.8 Å². The van der Waals surface area contributed by atoms with Crippen molar-refractivity contribution in [1.82, 2.24) is 0 Å². The topological polar surface area (TPSA) is 101 Å². The first-order chi connectivity index (χ1) is 5.80. The van der Waals surface area contributed by atoms with Gasteiger partial charge in [0, 0.05) is 5.69 Å². The lowest BCUT2D eigenvalue weighted by Crippen LogP contribution is -1.89. The molecule has 0 amide bonds. The van der Waals surface area contributed by atoms with Crippen LogP contribution in [0.5, 0.6) is 0 Å². The highest BCUT2D eigenvalue weighted by atomic mass is 32.3. The normalized spacial score (nSPS) is 10.1. The average molecular weight is 205 g/mol. The van der Waals surface area contributed by atoms with E-state index < -0.39 is 10.4 Å². The molecule has 0 atom stereocenters. The minimum Gasteiger partial charge on any atom is -0.399 e. The van der Waals surface area contributed by atoms with Crippen LogP contribution < -0.4 is 5.73 Å². The van der Waals surface area contributed by atoms with Crippen LogP contribution in [0.2, 0.25) is 0 Å². The number of hydrogen-bond donors (Lipinski definition) is 3. The average Bonchev–Trinajstić information content (AvgIpc) is 1.92. The van der Waals surface area contributed by atoms with Gasteiger partial charge in [-0.2, -0.15) is 8.42 Å². The maximum absolute atomic E-state index is 8.74. The summed E-state index contributed by atoms with van der Waals surface area (Å²) in [5.41, 5.74) is 7.53. The molecule has 0 unspecified atom stereocenters. The van der Waals surface area contributed by atoms with Gasteiger partial charge < -0.3 is 5.73 Å².